The number of aliphatic carboxylic acids is 1. The molecule has 6 nitrogen and oxygen atoms in total. The normalized spacial score (nSPS) is 15.3. The monoisotopic (exact) mass is 579 g/mol. The SMILES string of the molecule is Cc1cccc(C(=O)N2CCc3c2cc(C)c(C(OC(C)(C)C)C(=O)O)c3-c2cc(F)c3c(c2C)CCCO3)c1Cl. The van der Waals surface area contributed by atoms with E-state index in [0.29, 0.717) is 64.5 Å². The fourth-order valence-corrected chi connectivity index (χ4v) is 6.22. The zero-order valence-electron chi connectivity index (χ0n) is 24.3. The van der Waals surface area contributed by atoms with E-state index in [1.807, 2.05) is 32.9 Å². The van der Waals surface area contributed by atoms with Gasteiger partial charge in [0.2, 0.25) is 0 Å². The Kier molecular flexibility index (Phi) is 7.64. The van der Waals surface area contributed by atoms with Crippen molar-refractivity contribution >= 4 is 29.2 Å². The number of aryl methyl sites for hydroxylation is 2. The van der Waals surface area contributed by atoms with Gasteiger partial charge < -0.3 is 19.5 Å². The highest BCUT2D eigenvalue weighted by Crippen LogP contribution is 2.48. The average molecular weight is 580 g/mol. The largest absolute Gasteiger partial charge is 0.490 e. The summed E-state index contributed by atoms with van der Waals surface area (Å²) in [4.78, 5) is 28.2. The summed E-state index contributed by atoms with van der Waals surface area (Å²) in [5, 5.41) is 10.8. The third kappa shape index (κ3) is 5.22. The molecular weight excluding hydrogens is 545 g/mol. The van der Waals surface area contributed by atoms with Gasteiger partial charge in [-0.25, -0.2) is 9.18 Å². The van der Waals surface area contributed by atoms with Crippen molar-refractivity contribution in [2.45, 2.75) is 72.5 Å². The molecule has 0 radical (unpaired) electrons. The summed E-state index contributed by atoms with van der Waals surface area (Å²) >= 11 is 6.54. The Balaban J connectivity index is 1.78. The maximum Gasteiger partial charge on any atom is 0.337 e. The van der Waals surface area contributed by atoms with E-state index >= 15 is 4.39 Å². The van der Waals surface area contributed by atoms with Crippen molar-refractivity contribution in [3.8, 4) is 16.9 Å². The molecule has 3 aromatic rings. The number of benzene rings is 3. The van der Waals surface area contributed by atoms with Crippen LogP contribution in [0.5, 0.6) is 5.75 Å². The van der Waals surface area contributed by atoms with Gasteiger partial charge in [-0.15, -0.1) is 0 Å². The number of halogens is 2. The first-order chi connectivity index (χ1) is 19.3. The Morgan fingerprint density at radius 3 is 2.51 bits per heavy atom. The molecule has 1 unspecified atom stereocenters. The van der Waals surface area contributed by atoms with Crippen molar-refractivity contribution in [3.05, 3.63) is 80.1 Å². The topological polar surface area (TPSA) is 76.1 Å². The highest BCUT2D eigenvalue weighted by molar-refractivity contribution is 6.35. The first-order valence-electron chi connectivity index (χ1n) is 13.9. The van der Waals surface area contributed by atoms with Gasteiger partial charge in [-0.1, -0.05) is 23.7 Å². The molecule has 1 amide bonds. The van der Waals surface area contributed by atoms with E-state index in [1.165, 1.54) is 6.07 Å². The number of carboxylic acid groups (broad SMARTS) is 1. The summed E-state index contributed by atoms with van der Waals surface area (Å²) in [6, 6.07) is 8.64. The van der Waals surface area contributed by atoms with Gasteiger partial charge in [-0.3, -0.25) is 4.79 Å². The molecule has 0 aromatic heterocycles. The number of anilines is 1. The van der Waals surface area contributed by atoms with Crippen LogP contribution in [0.2, 0.25) is 5.02 Å². The Morgan fingerprint density at radius 2 is 1.83 bits per heavy atom. The lowest BCUT2D eigenvalue weighted by Gasteiger charge is -2.30. The third-order valence-electron chi connectivity index (χ3n) is 7.87. The van der Waals surface area contributed by atoms with Crippen LogP contribution in [0.25, 0.3) is 11.1 Å². The summed E-state index contributed by atoms with van der Waals surface area (Å²) < 4.78 is 27.4. The fourth-order valence-electron chi connectivity index (χ4n) is 6.01. The van der Waals surface area contributed by atoms with Crippen LogP contribution < -0.4 is 9.64 Å². The number of amides is 1. The first-order valence-corrected chi connectivity index (χ1v) is 14.3. The standard InChI is InChI=1S/C33H35ClFNO5/c1-17-9-7-10-22(28(17)34)31(37)36-13-12-21-25(36)15-18(2)26(30(32(38)39)41-33(4,5)6)27(21)23-16-24(35)29-20(19(23)3)11-8-14-40-29/h7,9-10,15-16,30H,8,11-14H2,1-6H3,(H,38,39). The molecule has 3 aromatic carbocycles. The molecular formula is C33H35ClFNO5. The number of nitrogens with zero attached hydrogens (tertiary/aromatic N) is 1. The lowest BCUT2D eigenvalue weighted by atomic mass is 9.83. The van der Waals surface area contributed by atoms with Gasteiger partial charge in [-0.2, -0.15) is 0 Å². The summed E-state index contributed by atoms with van der Waals surface area (Å²) in [7, 11) is 0. The quantitative estimate of drug-likeness (QED) is 0.338. The number of fused-ring (bicyclic) bond motifs is 2. The molecule has 0 saturated heterocycles. The minimum absolute atomic E-state index is 0.238. The van der Waals surface area contributed by atoms with Gasteiger partial charge in [0.25, 0.3) is 5.91 Å². The van der Waals surface area contributed by atoms with E-state index < -0.39 is 23.5 Å². The van der Waals surface area contributed by atoms with E-state index in [4.69, 9.17) is 21.1 Å². The fraction of sp³-hybridized carbons (Fsp3) is 0.394. The Hall–Kier alpha value is -3.42. The van der Waals surface area contributed by atoms with Crippen LogP contribution in [0.15, 0.2) is 30.3 Å². The van der Waals surface area contributed by atoms with Gasteiger partial charge in [0.15, 0.2) is 17.7 Å². The van der Waals surface area contributed by atoms with E-state index in [0.717, 1.165) is 28.7 Å². The number of carboxylic acids is 1. The molecule has 8 heteroatoms. The Bertz CT molecular complexity index is 1580. The van der Waals surface area contributed by atoms with Crippen LogP contribution in [-0.2, 0) is 22.4 Å². The molecule has 41 heavy (non-hydrogen) atoms. The van der Waals surface area contributed by atoms with E-state index in [-0.39, 0.29) is 11.7 Å². The molecule has 2 aliphatic rings. The predicted molar refractivity (Wildman–Crippen MR) is 158 cm³/mol. The van der Waals surface area contributed by atoms with Crippen LogP contribution in [0, 0.1) is 26.6 Å². The maximum absolute atomic E-state index is 15.6. The minimum atomic E-state index is -1.30. The summed E-state index contributed by atoms with van der Waals surface area (Å²) in [5.41, 5.74) is 5.80. The van der Waals surface area contributed by atoms with Crippen molar-refractivity contribution in [2.24, 2.45) is 0 Å². The zero-order chi connectivity index (χ0) is 29.8. The number of hydrogen-bond acceptors (Lipinski definition) is 4. The number of rotatable bonds is 5. The summed E-state index contributed by atoms with van der Waals surface area (Å²) in [5.74, 6) is -1.60. The highest BCUT2D eigenvalue weighted by Gasteiger charge is 2.37. The van der Waals surface area contributed by atoms with Crippen molar-refractivity contribution < 1.29 is 28.6 Å². The third-order valence-corrected chi connectivity index (χ3v) is 8.37. The van der Waals surface area contributed by atoms with Gasteiger partial charge in [-0.05, 0) is 112 Å². The second-order valence-electron chi connectivity index (χ2n) is 11.9. The molecule has 0 aliphatic carbocycles. The molecule has 0 fully saturated rings. The lowest BCUT2D eigenvalue weighted by Crippen LogP contribution is -2.30. The van der Waals surface area contributed by atoms with Crippen molar-refractivity contribution in [1.29, 1.82) is 0 Å². The van der Waals surface area contributed by atoms with Crippen LogP contribution >= 0.6 is 11.6 Å². The van der Waals surface area contributed by atoms with Gasteiger partial charge >= 0.3 is 5.97 Å². The van der Waals surface area contributed by atoms with Crippen molar-refractivity contribution in [2.75, 3.05) is 18.1 Å². The Labute approximate surface area is 245 Å². The van der Waals surface area contributed by atoms with Crippen LogP contribution in [0.1, 0.15) is 77.0 Å². The molecule has 2 heterocycles. The molecule has 0 bridgehead atoms. The lowest BCUT2D eigenvalue weighted by molar-refractivity contribution is -0.160. The Morgan fingerprint density at radius 1 is 1.10 bits per heavy atom. The highest BCUT2D eigenvalue weighted by atomic mass is 35.5. The number of hydrogen-bond donors (Lipinski definition) is 1. The van der Waals surface area contributed by atoms with Crippen LogP contribution in [0.3, 0.4) is 0 Å². The molecule has 216 valence electrons. The van der Waals surface area contributed by atoms with E-state index in [2.05, 4.69) is 0 Å². The van der Waals surface area contributed by atoms with E-state index in [1.54, 1.807) is 37.8 Å². The minimum Gasteiger partial charge on any atom is -0.490 e. The van der Waals surface area contributed by atoms with Crippen LogP contribution in [-0.4, -0.2) is 35.7 Å². The molecule has 1 N–H and O–H groups in total. The first kappa shape index (κ1) is 29.1. The molecule has 2 aliphatic heterocycles. The van der Waals surface area contributed by atoms with Gasteiger partial charge in [0.1, 0.15) is 0 Å². The maximum atomic E-state index is 15.6. The zero-order valence-corrected chi connectivity index (χ0v) is 25.0. The molecule has 0 spiro atoms. The number of ether oxygens (including phenoxy) is 2. The van der Waals surface area contributed by atoms with Crippen molar-refractivity contribution in [1.82, 2.24) is 0 Å². The van der Waals surface area contributed by atoms with Gasteiger partial charge in [0, 0.05) is 23.4 Å². The second kappa shape index (κ2) is 10.8. The summed E-state index contributed by atoms with van der Waals surface area (Å²) in [6.07, 6.45) is 0.580. The number of carbonyl (C=O) groups is 2. The summed E-state index contributed by atoms with van der Waals surface area (Å²) in [6.45, 7) is 11.8. The van der Waals surface area contributed by atoms with Crippen LogP contribution in [0.4, 0.5) is 10.1 Å². The second-order valence-corrected chi connectivity index (χ2v) is 12.2. The molecule has 1 atom stereocenters. The van der Waals surface area contributed by atoms with E-state index in [9.17, 15) is 14.7 Å². The smallest absolute Gasteiger partial charge is 0.337 e. The predicted octanol–water partition coefficient (Wildman–Crippen LogP) is 7.54. The van der Waals surface area contributed by atoms with Crippen molar-refractivity contribution in [3.63, 3.8) is 0 Å². The van der Waals surface area contributed by atoms with Gasteiger partial charge in [0.05, 0.1) is 22.8 Å². The average Bonchev–Trinajstić information content (AvgIpc) is 3.33. The number of carbonyl (C=O) groups excluding carboxylic acids is 1. The molecule has 0 saturated carbocycles. The molecule has 5 rings (SSSR count).